The van der Waals surface area contributed by atoms with Crippen LogP contribution < -0.4 is 0 Å². The van der Waals surface area contributed by atoms with Gasteiger partial charge in [0, 0.05) is 11.3 Å². The summed E-state index contributed by atoms with van der Waals surface area (Å²) >= 11 is 0. The Morgan fingerprint density at radius 2 is 1.20 bits per heavy atom. The molecule has 0 aliphatic heterocycles. The normalized spacial score (nSPS) is 36.5. The minimum absolute atomic E-state index is 0.138. The highest BCUT2D eigenvalue weighted by molar-refractivity contribution is 5.83. The van der Waals surface area contributed by atoms with Crippen molar-refractivity contribution in [2.75, 3.05) is 0 Å². The summed E-state index contributed by atoms with van der Waals surface area (Å²) < 4.78 is 0. The topological polar surface area (TPSA) is 0 Å². The second kappa shape index (κ2) is 9.08. The van der Waals surface area contributed by atoms with E-state index >= 15 is 0 Å². The molecular formula is C45H58. The first-order valence-corrected chi connectivity index (χ1v) is 18.9. The first-order chi connectivity index (χ1) is 21.2. The van der Waals surface area contributed by atoms with Crippen molar-refractivity contribution in [1.82, 2.24) is 0 Å². The molecule has 4 bridgehead atoms. The highest BCUT2D eigenvalue weighted by Gasteiger charge is 2.61. The predicted octanol–water partition coefficient (Wildman–Crippen LogP) is 12.3. The van der Waals surface area contributed by atoms with Gasteiger partial charge in [0.05, 0.1) is 0 Å². The monoisotopic (exact) mass is 598 g/mol. The van der Waals surface area contributed by atoms with Crippen molar-refractivity contribution in [2.45, 2.75) is 143 Å². The highest BCUT2D eigenvalue weighted by Crippen LogP contribution is 2.72. The van der Waals surface area contributed by atoms with Crippen LogP contribution >= 0.6 is 0 Å². The van der Waals surface area contributed by atoms with Gasteiger partial charge < -0.3 is 0 Å². The number of benzene rings is 2. The summed E-state index contributed by atoms with van der Waals surface area (Å²) in [5, 5.41) is 0. The van der Waals surface area contributed by atoms with Crippen LogP contribution in [0.2, 0.25) is 0 Å². The second-order valence-corrected chi connectivity index (χ2v) is 19.9. The molecule has 8 aliphatic carbocycles. The zero-order valence-electron chi connectivity index (χ0n) is 29.9. The number of aryl methyl sites for hydroxylation is 2. The third kappa shape index (κ3) is 3.90. The van der Waals surface area contributed by atoms with Crippen molar-refractivity contribution >= 4 is 0 Å². The average molecular weight is 599 g/mol. The Morgan fingerprint density at radius 3 is 1.69 bits per heavy atom. The van der Waals surface area contributed by atoms with Crippen LogP contribution in [0.3, 0.4) is 0 Å². The smallest absolute Gasteiger partial charge is 0.0199 e. The molecular weight excluding hydrogens is 540 g/mol. The van der Waals surface area contributed by atoms with Crippen LogP contribution in [0.25, 0.3) is 11.1 Å². The number of rotatable bonds is 2. The van der Waals surface area contributed by atoms with Gasteiger partial charge in [0.2, 0.25) is 0 Å². The summed E-state index contributed by atoms with van der Waals surface area (Å²) in [7, 11) is 0. The third-order valence-electron chi connectivity index (χ3n) is 15.0. The predicted molar refractivity (Wildman–Crippen MR) is 190 cm³/mol. The molecule has 0 N–H and O–H groups in total. The summed E-state index contributed by atoms with van der Waals surface area (Å²) in [6.07, 6.45) is 17.7. The van der Waals surface area contributed by atoms with E-state index in [4.69, 9.17) is 0 Å². The SMILES string of the molecule is Cc1cc2c(cc1C(C)(C)C)-c1cc(C(C)(C)C)c(C)cc1C2C1(C)C2=C(CC(C34CC5CC(CC(C5)C3)C4)=C2)C2CCCC21. The Bertz CT molecular complexity index is 1590. The lowest BCUT2D eigenvalue weighted by atomic mass is 9.47. The van der Waals surface area contributed by atoms with Gasteiger partial charge in [0.1, 0.15) is 0 Å². The van der Waals surface area contributed by atoms with E-state index < -0.39 is 0 Å². The molecule has 10 rings (SSSR count). The van der Waals surface area contributed by atoms with Gasteiger partial charge in [-0.3, -0.25) is 0 Å². The molecule has 2 aromatic carbocycles. The van der Waals surface area contributed by atoms with Crippen molar-refractivity contribution < 1.29 is 0 Å². The van der Waals surface area contributed by atoms with E-state index in [2.05, 4.69) is 92.7 Å². The lowest BCUT2D eigenvalue weighted by Gasteiger charge is -2.58. The Labute approximate surface area is 274 Å². The summed E-state index contributed by atoms with van der Waals surface area (Å²) in [5.41, 5.74) is 19.0. The molecule has 0 aromatic heterocycles. The van der Waals surface area contributed by atoms with Crippen LogP contribution in [0.5, 0.6) is 0 Å². The Kier molecular flexibility index (Phi) is 5.87. The Morgan fingerprint density at radius 1 is 0.689 bits per heavy atom. The fourth-order valence-corrected chi connectivity index (χ4v) is 13.8. The van der Waals surface area contributed by atoms with Crippen molar-refractivity contribution in [1.29, 1.82) is 0 Å². The maximum atomic E-state index is 2.91. The molecule has 8 aliphatic rings. The third-order valence-corrected chi connectivity index (χ3v) is 15.0. The summed E-state index contributed by atoms with van der Waals surface area (Å²) in [6.45, 7) is 22.0. The average Bonchev–Trinajstić information content (AvgIpc) is 3.68. The molecule has 3 unspecified atom stereocenters. The molecule has 0 radical (unpaired) electrons. The largest absolute Gasteiger partial charge is 0.0596 e. The maximum Gasteiger partial charge on any atom is 0.0199 e. The van der Waals surface area contributed by atoms with Crippen LogP contribution in [0.1, 0.15) is 152 Å². The minimum atomic E-state index is 0.138. The fourth-order valence-electron chi connectivity index (χ4n) is 13.8. The van der Waals surface area contributed by atoms with Crippen LogP contribution in [-0.2, 0) is 10.8 Å². The van der Waals surface area contributed by atoms with Crippen LogP contribution in [0, 0.1) is 54.3 Å². The van der Waals surface area contributed by atoms with Crippen LogP contribution in [-0.4, -0.2) is 0 Å². The van der Waals surface area contributed by atoms with Gasteiger partial charge in [-0.2, -0.15) is 0 Å². The molecule has 0 heterocycles. The number of fused-ring (bicyclic) bond motifs is 5. The molecule has 2 aromatic rings. The quantitative estimate of drug-likeness (QED) is 0.322. The maximum absolute atomic E-state index is 2.91. The van der Waals surface area contributed by atoms with Crippen LogP contribution in [0.4, 0.5) is 0 Å². The fraction of sp³-hybridized carbons (Fsp3) is 0.644. The standard InChI is InChI=1S/C45H58/c1-25-13-35-32(20-38(25)42(3,4)5)33-21-39(43(6,7)8)26(2)14-36(33)41(35)44(9)37-12-10-11-31(37)34-18-30(19-40(34)44)45-22-27-15-28(23-45)17-29(16-27)24-45/h13-14,19-21,27-29,31,37,41H,10-12,15-18,22-24H2,1-9H3. The van der Waals surface area contributed by atoms with Crippen molar-refractivity contribution in [3.8, 4) is 11.1 Å². The van der Waals surface area contributed by atoms with E-state index in [0.29, 0.717) is 11.3 Å². The van der Waals surface area contributed by atoms with E-state index in [9.17, 15) is 0 Å². The summed E-state index contributed by atoms with van der Waals surface area (Å²) in [5.74, 6) is 5.11. The molecule has 0 nitrogen and oxygen atoms in total. The van der Waals surface area contributed by atoms with E-state index in [-0.39, 0.29) is 16.2 Å². The molecule has 3 atom stereocenters. The van der Waals surface area contributed by atoms with Gasteiger partial charge >= 0.3 is 0 Å². The Balaban J connectivity index is 1.24. The second-order valence-electron chi connectivity index (χ2n) is 19.9. The van der Waals surface area contributed by atoms with E-state index in [1.165, 1.54) is 67.2 Å². The molecule has 0 heteroatoms. The van der Waals surface area contributed by atoms with Crippen LogP contribution in [0.15, 0.2) is 47.1 Å². The van der Waals surface area contributed by atoms with Crippen molar-refractivity contribution in [3.05, 3.63) is 80.4 Å². The lowest BCUT2D eigenvalue weighted by molar-refractivity contribution is -0.0315. The zero-order valence-corrected chi connectivity index (χ0v) is 29.9. The summed E-state index contributed by atoms with van der Waals surface area (Å²) in [6, 6.07) is 10.6. The van der Waals surface area contributed by atoms with Crippen molar-refractivity contribution in [3.63, 3.8) is 0 Å². The van der Waals surface area contributed by atoms with E-state index in [0.717, 1.165) is 29.6 Å². The van der Waals surface area contributed by atoms with Gasteiger partial charge in [-0.05, 0) is 168 Å². The van der Waals surface area contributed by atoms with Crippen molar-refractivity contribution in [2.24, 2.45) is 40.4 Å². The van der Waals surface area contributed by atoms with Gasteiger partial charge in [-0.15, -0.1) is 0 Å². The highest BCUT2D eigenvalue weighted by atomic mass is 14.6. The molecule has 0 saturated heterocycles. The number of hydrogen-bond donors (Lipinski definition) is 0. The molecule has 5 saturated carbocycles. The molecule has 0 amide bonds. The number of hydrogen-bond acceptors (Lipinski definition) is 0. The first kappa shape index (κ1) is 29.1. The van der Waals surface area contributed by atoms with Gasteiger partial charge in [0.25, 0.3) is 0 Å². The summed E-state index contributed by atoms with van der Waals surface area (Å²) in [4.78, 5) is 0. The molecule has 238 valence electrons. The first-order valence-electron chi connectivity index (χ1n) is 18.9. The van der Waals surface area contributed by atoms with E-state index in [1.807, 2.05) is 16.7 Å². The molecule has 0 spiro atoms. The van der Waals surface area contributed by atoms with Gasteiger partial charge in [-0.1, -0.05) is 96.4 Å². The molecule has 5 fully saturated rings. The zero-order chi connectivity index (χ0) is 31.4. The van der Waals surface area contributed by atoms with E-state index in [1.54, 1.807) is 41.5 Å². The van der Waals surface area contributed by atoms with Gasteiger partial charge in [0.15, 0.2) is 0 Å². The minimum Gasteiger partial charge on any atom is -0.0596 e. The molecule has 45 heavy (non-hydrogen) atoms. The number of allylic oxidation sites excluding steroid dienone is 4. The van der Waals surface area contributed by atoms with Gasteiger partial charge in [-0.25, -0.2) is 0 Å². The lowest BCUT2D eigenvalue weighted by Crippen LogP contribution is -2.47. The Hall–Kier alpha value is -2.08.